The lowest BCUT2D eigenvalue weighted by Gasteiger charge is -2.42. The van der Waals surface area contributed by atoms with E-state index in [-0.39, 0.29) is 0 Å². The van der Waals surface area contributed by atoms with E-state index in [1.54, 1.807) is 16.7 Å². The molecule has 43 heavy (non-hydrogen) atoms. The number of aryl methyl sites for hydroxylation is 1. The first-order chi connectivity index (χ1) is 20.3. The van der Waals surface area contributed by atoms with Gasteiger partial charge in [0.2, 0.25) is 0 Å². The Labute approximate surface area is 270 Å². The van der Waals surface area contributed by atoms with Crippen LogP contribution in [0, 0.1) is 24.2 Å². The van der Waals surface area contributed by atoms with Gasteiger partial charge in [0.25, 0.3) is 0 Å². The van der Waals surface area contributed by atoms with Gasteiger partial charge in [0.15, 0.2) is 0 Å². The van der Waals surface area contributed by atoms with Crippen molar-refractivity contribution in [2.45, 2.75) is 165 Å². The largest absolute Gasteiger partial charge is 0.386 e. The fraction of sp³-hybridized carbons (Fsp3) is 0.707. The molecule has 2 nitrogen and oxygen atoms in total. The fourth-order valence-electron chi connectivity index (χ4n) is 6.41. The van der Waals surface area contributed by atoms with Crippen LogP contribution in [0.15, 0.2) is 48.8 Å². The second kappa shape index (κ2) is 19.4. The Morgan fingerprint density at radius 2 is 1.30 bits per heavy atom. The van der Waals surface area contributed by atoms with Gasteiger partial charge in [0.05, 0.1) is 5.82 Å². The van der Waals surface area contributed by atoms with Crippen molar-refractivity contribution in [2.75, 3.05) is 6.54 Å². The average molecular weight is 595 g/mol. The van der Waals surface area contributed by atoms with E-state index in [0.717, 1.165) is 24.8 Å². The Hall–Kier alpha value is -1.96. The summed E-state index contributed by atoms with van der Waals surface area (Å²) < 4.78 is 0. The lowest BCUT2D eigenvalue weighted by Crippen LogP contribution is -2.34. The van der Waals surface area contributed by atoms with Crippen molar-refractivity contribution < 1.29 is 0 Å². The zero-order chi connectivity index (χ0) is 33.4. The van der Waals surface area contributed by atoms with E-state index < -0.39 is 0 Å². The minimum absolute atomic E-state index is 0.291. The molecule has 0 spiro atoms. The van der Waals surface area contributed by atoms with Crippen LogP contribution in [-0.4, -0.2) is 6.54 Å². The van der Waals surface area contributed by atoms with Gasteiger partial charge in [-0.15, -0.1) is 0 Å². The van der Waals surface area contributed by atoms with Crippen LogP contribution >= 0.6 is 0 Å². The molecule has 0 aliphatic heterocycles. The molecule has 0 atom stereocenters. The van der Waals surface area contributed by atoms with Gasteiger partial charge in [-0.05, 0) is 102 Å². The van der Waals surface area contributed by atoms with Crippen molar-refractivity contribution in [3.8, 4) is 0 Å². The first kappa shape index (κ1) is 41.0. The molecular weight excluding hydrogens is 520 g/mol. The predicted octanol–water partition coefficient (Wildman–Crippen LogP) is 12.1. The Balaban J connectivity index is 0.000000787. The highest BCUT2D eigenvalue weighted by atomic mass is 15.0. The number of hydrogen-bond acceptors (Lipinski definition) is 2. The predicted molar refractivity (Wildman–Crippen MR) is 197 cm³/mol. The van der Waals surface area contributed by atoms with E-state index in [1.807, 2.05) is 47.6 Å². The van der Waals surface area contributed by atoms with Crippen LogP contribution in [0.1, 0.15) is 163 Å². The summed E-state index contributed by atoms with van der Waals surface area (Å²) in [6, 6.07) is 5.03. The van der Waals surface area contributed by atoms with Crippen LogP contribution in [0.4, 0.5) is 0 Å². The summed E-state index contributed by atoms with van der Waals surface area (Å²) in [6.45, 7) is 37.3. The lowest BCUT2D eigenvalue weighted by atomic mass is 9.62. The van der Waals surface area contributed by atoms with Gasteiger partial charge in [0.1, 0.15) is 0 Å². The molecule has 0 aromatic heterocycles. The molecule has 2 saturated carbocycles. The van der Waals surface area contributed by atoms with Crippen LogP contribution in [0.25, 0.3) is 0 Å². The summed E-state index contributed by atoms with van der Waals surface area (Å²) in [7, 11) is 0. The van der Waals surface area contributed by atoms with Gasteiger partial charge in [-0.1, -0.05) is 145 Å². The van der Waals surface area contributed by atoms with Gasteiger partial charge in [-0.25, -0.2) is 0 Å². The summed E-state index contributed by atoms with van der Waals surface area (Å²) in [5.41, 5.74) is 14.2. The first-order valence-electron chi connectivity index (χ1n) is 18.0. The zero-order valence-electron chi connectivity index (χ0n) is 31.2. The number of hydrogen-bond donors (Lipinski definition) is 2. The van der Waals surface area contributed by atoms with Crippen LogP contribution in [0.3, 0.4) is 0 Å². The topological polar surface area (TPSA) is 38.0 Å². The first-order valence-corrected chi connectivity index (χ1v) is 18.0. The number of rotatable bonds is 8. The lowest BCUT2D eigenvalue weighted by molar-refractivity contribution is 0.266. The Morgan fingerprint density at radius 1 is 0.837 bits per heavy atom. The number of allylic oxidation sites excluding steroid dienone is 3. The van der Waals surface area contributed by atoms with Crippen molar-refractivity contribution >= 4 is 0 Å². The normalized spacial score (nSPS) is 22.1. The molecule has 2 fully saturated rings. The van der Waals surface area contributed by atoms with E-state index in [1.165, 1.54) is 68.9 Å². The van der Waals surface area contributed by atoms with E-state index in [9.17, 15) is 0 Å². The molecule has 0 heterocycles. The molecule has 0 radical (unpaired) electrons. The summed E-state index contributed by atoms with van der Waals surface area (Å²) in [6.07, 6.45) is 17.4. The molecule has 0 unspecified atom stereocenters. The quantitative estimate of drug-likeness (QED) is 0.294. The molecule has 1 aromatic rings. The van der Waals surface area contributed by atoms with Crippen LogP contribution in [0.2, 0.25) is 0 Å². The second-order valence-corrected chi connectivity index (χ2v) is 14.0. The number of benzene rings is 1. The third kappa shape index (κ3) is 12.5. The number of fused-ring (bicyclic) bond motifs is 1. The highest BCUT2D eigenvalue weighted by Gasteiger charge is 2.41. The van der Waals surface area contributed by atoms with E-state index in [0.29, 0.717) is 22.1 Å². The van der Waals surface area contributed by atoms with E-state index in [2.05, 4.69) is 85.1 Å². The smallest absolute Gasteiger partial charge is 0.0885 e. The Morgan fingerprint density at radius 3 is 1.72 bits per heavy atom. The average Bonchev–Trinajstić information content (AvgIpc) is 3.76. The fourth-order valence-corrected chi connectivity index (χ4v) is 6.41. The molecule has 248 valence electrons. The van der Waals surface area contributed by atoms with Gasteiger partial charge < -0.3 is 11.1 Å². The van der Waals surface area contributed by atoms with Gasteiger partial charge in [-0.2, -0.15) is 0 Å². The maximum atomic E-state index is 5.46. The van der Waals surface area contributed by atoms with E-state index in [4.69, 9.17) is 5.73 Å². The van der Waals surface area contributed by atoms with Crippen molar-refractivity contribution in [3.63, 3.8) is 0 Å². The maximum Gasteiger partial charge on any atom is 0.0885 e. The summed E-state index contributed by atoms with van der Waals surface area (Å²) in [5, 5.41) is 3.13. The van der Waals surface area contributed by atoms with E-state index >= 15 is 0 Å². The molecular formula is C41H74N2. The van der Waals surface area contributed by atoms with Gasteiger partial charge in [-0.3, -0.25) is 0 Å². The zero-order valence-corrected chi connectivity index (χ0v) is 31.2. The van der Waals surface area contributed by atoms with Gasteiger partial charge >= 0.3 is 0 Å². The van der Waals surface area contributed by atoms with Crippen molar-refractivity contribution in [1.29, 1.82) is 0 Å². The molecule has 3 N–H and O–H groups in total. The third-order valence-corrected chi connectivity index (χ3v) is 9.95. The highest BCUT2D eigenvalue weighted by Crippen LogP contribution is 2.53. The van der Waals surface area contributed by atoms with Crippen LogP contribution < -0.4 is 11.1 Å². The molecule has 3 aliphatic carbocycles. The maximum absolute atomic E-state index is 5.46. The summed E-state index contributed by atoms with van der Waals surface area (Å²) in [4.78, 5) is 0. The minimum Gasteiger partial charge on any atom is -0.386 e. The molecule has 1 aromatic carbocycles. The van der Waals surface area contributed by atoms with Crippen molar-refractivity contribution in [1.82, 2.24) is 5.32 Å². The molecule has 4 rings (SSSR count). The molecule has 0 amide bonds. The van der Waals surface area contributed by atoms with Crippen molar-refractivity contribution in [3.05, 3.63) is 71.1 Å². The third-order valence-electron chi connectivity index (χ3n) is 9.95. The number of nitrogens with one attached hydrogen (secondary N) is 1. The van der Waals surface area contributed by atoms with Crippen LogP contribution in [0.5, 0.6) is 0 Å². The SMILES string of the molecule is C=C(N)NCC1CCC(CC)CC1.C=C/C=C(/Cc1cc2c(cc1C)C(C)(C)CCC2(C)C)C1(C)CC1.CC.CC.CC. The summed E-state index contributed by atoms with van der Waals surface area (Å²) >= 11 is 0. The molecule has 0 bridgehead atoms. The Bertz CT molecular complexity index is 981. The number of nitrogens with two attached hydrogens (primary N) is 1. The minimum atomic E-state index is 0.291. The Kier molecular flexibility index (Phi) is 18.5. The van der Waals surface area contributed by atoms with Crippen molar-refractivity contribution in [2.24, 2.45) is 23.0 Å². The summed E-state index contributed by atoms with van der Waals surface area (Å²) in [5.74, 6) is 2.41. The molecule has 2 heteroatoms. The standard InChI is InChI=1S/C24H34.C11H22N2.3C2H6/c1-8-9-19(24(7)12-13-24)15-18-16-21-20(14-17(18)2)22(3,4)10-11-23(21,5)6;1-3-10-4-6-11(7-5-10)8-13-9(2)12;3*1-2/h8-9,14,16H,1,10-13,15H2,2-7H3;10-11,13H,2-8,12H2,1H3;3*1-2H3/b19-9-;;;;. The highest BCUT2D eigenvalue weighted by molar-refractivity contribution is 5.48. The second-order valence-electron chi connectivity index (χ2n) is 14.0. The van der Waals surface area contributed by atoms with Gasteiger partial charge in [0, 0.05) is 6.54 Å². The molecule has 0 saturated heterocycles. The molecule has 3 aliphatic rings. The monoisotopic (exact) mass is 595 g/mol. The van der Waals surface area contributed by atoms with Crippen LogP contribution in [-0.2, 0) is 17.3 Å².